The van der Waals surface area contributed by atoms with Crippen LogP contribution in [0.1, 0.15) is 25.0 Å². The van der Waals surface area contributed by atoms with Crippen molar-refractivity contribution < 1.29 is 4.74 Å². The summed E-state index contributed by atoms with van der Waals surface area (Å²) in [6.45, 7) is 6.24. The molecule has 1 aromatic carbocycles. The molecule has 0 spiro atoms. The summed E-state index contributed by atoms with van der Waals surface area (Å²) in [5, 5.41) is 3.46. The van der Waals surface area contributed by atoms with Crippen molar-refractivity contribution in [3.8, 4) is 0 Å². The molecule has 1 aliphatic rings. The van der Waals surface area contributed by atoms with E-state index >= 15 is 0 Å². The molecule has 2 rings (SSSR count). The lowest BCUT2D eigenvalue weighted by molar-refractivity contribution is 0.185. The maximum Gasteiger partial charge on any atom is 0.0733 e. The van der Waals surface area contributed by atoms with E-state index in [0.717, 1.165) is 6.54 Å². The van der Waals surface area contributed by atoms with Gasteiger partial charge in [-0.3, -0.25) is 0 Å². The molecule has 0 radical (unpaired) electrons. The van der Waals surface area contributed by atoms with Crippen molar-refractivity contribution in [1.82, 2.24) is 0 Å². The van der Waals surface area contributed by atoms with Crippen molar-refractivity contribution in [2.45, 2.75) is 25.9 Å². The van der Waals surface area contributed by atoms with Crippen LogP contribution in [-0.4, -0.2) is 13.7 Å². The normalized spacial score (nSPS) is 17.6. The van der Waals surface area contributed by atoms with E-state index in [2.05, 4.69) is 37.4 Å². The highest BCUT2D eigenvalue weighted by molar-refractivity contribution is 5.64. The Hall–Kier alpha value is -1.02. The average Bonchev–Trinajstić information content (AvgIpc) is 2.45. The first-order chi connectivity index (χ1) is 6.65. The van der Waals surface area contributed by atoms with Gasteiger partial charge in [0.1, 0.15) is 0 Å². The van der Waals surface area contributed by atoms with E-state index in [1.54, 1.807) is 7.11 Å². The van der Waals surface area contributed by atoms with Crippen molar-refractivity contribution >= 4 is 5.69 Å². The lowest BCUT2D eigenvalue weighted by Gasteiger charge is -2.17. The molecule has 0 aromatic heterocycles. The molecule has 0 saturated heterocycles. The van der Waals surface area contributed by atoms with E-state index in [-0.39, 0.29) is 5.41 Å². The molecule has 0 bridgehead atoms. The fourth-order valence-electron chi connectivity index (χ4n) is 2.05. The molecule has 1 aromatic rings. The fraction of sp³-hybridized carbons (Fsp3) is 0.500. The van der Waals surface area contributed by atoms with E-state index in [1.807, 2.05) is 0 Å². The Bertz CT molecular complexity index is 344. The van der Waals surface area contributed by atoms with Crippen molar-refractivity contribution in [3.63, 3.8) is 0 Å². The Balaban J connectivity index is 2.45. The molecule has 0 amide bonds. The third kappa shape index (κ3) is 1.40. The number of hydrogen-bond donors (Lipinski definition) is 1. The van der Waals surface area contributed by atoms with Crippen LogP contribution < -0.4 is 5.32 Å². The Kier molecular flexibility index (Phi) is 2.23. The zero-order chi connectivity index (χ0) is 10.2. The Morgan fingerprint density at radius 2 is 2.21 bits per heavy atom. The van der Waals surface area contributed by atoms with Gasteiger partial charge in [0.05, 0.1) is 6.61 Å². The number of ether oxygens (including phenoxy) is 1. The van der Waals surface area contributed by atoms with Crippen LogP contribution >= 0.6 is 0 Å². The zero-order valence-corrected chi connectivity index (χ0v) is 9.05. The van der Waals surface area contributed by atoms with Crippen molar-refractivity contribution in [2.75, 3.05) is 19.0 Å². The van der Waals surface area contributed by atoms with Crippen LogP contribution in [0.25, 0.3) is 0 Å². The van der Waals surface area contributed by atoms with Crippen LogP contribution in [0, 0.1) is 0 Å². The monoisotopic (exact) mass is 191 g/mol. The largest absolute Gasteiger partial charge is 0.384 e. The van der Waals surface area contributed by atoms with E-state index in [0.29, 0.717) is 6.61 Å². The number of methoxy groups -OCH3 is 1. The Morgan fingerprint density at radius 1 is 1.43 bits per heavy atom. The van der Waals surface area contributed by atoms with Crippen LogP contribution in [0.2, 0.25) is 0 Å². The first kappa shape index (κ1) is 9.53. The summed E-state index contributed by atoms with van der Waals surface area (Å²) in [5.74, 6) is 0. The molecule has 0 atom stereocenters. The lowest BCUT2D eigenvalue weighted by Crippen LogP contribution is -2.18. The highest BCUT2D eigenvalue weighted by atomic mass is 16.5. The first-order valence-corrected chi connectivity index (χ1v) is 5.00. The summed E-state index contributed by atoms with van der Waals surface area (Å²) in [7, 11) is 1.74. The van der Waals surface area contributed by atoms with Gasteiger partial charge in [0.2, 0.25) is 0 Å². The molecule has 1 N–H and O–H groups in total. The number of para-hydroxylation sites is 1. The maximum absolute atomic E-state index is 5.18. The third-order valence-electron chi connectivity index (χ3n) is 2.89. The molecular weight excluding hydrogens is 174 g/mol. The van der Waals surface area contributed by atoms with E-state index in [1.165, 1.54) is 16.8 Å². The van der Waals surface area contributed by atoms with E-state index < -0.39 is 0 Å². The van der Waals surface area contributed by atoms with Gasteiger partial charge in [0, 0.05) is 30.3 Å². The SMILES string of the molecule is COCc1cccc2c1NCC2(C)C. The second-order valence-corrected chi connectivity index (χ2v) is 4.51. The van der Waals surface area contributed by atoms with Crippen LogP contribution in [-0.2, 0) is 16.8 Å². The molecule has 0 fully saturated rings. The Labute approximate surface area is 85.3 Å². The van der Waals surface area contributed by atoms with Crippen LogP contribution in [0.15, 0.2) is 18.2 Å². The summed E-state index contributed by atoms with van der Waals surface area (Å²) < 4.78 is 5.18. The zero-order valence-electron chi connectivity index (χ0n) is 9.05. The van der Waals surface area contributed by atoms with Gasteiger partial charge in [-0.25, -0.2) is 0 Å². The molecule has 2 heteroatoms. The highest BCUT2D eigenvalue weighted by Gasteiger charge is 2.30. The number of hydrogen-bond acceptors (Lipinski definition) is 2. The van der Waals surface area contributed by atoms with Gasteiger partial charge in [0.25, 0.3) is 0 Å². The molecule has 14 heavy (non-hydrogen) atoms. The van der Waals surface area contributed by atoms with Gasteiger partial charge in [0.15, 0.2) is 0 Å². The van der Waals surface area contributed by atoms with Crippen molar-refractivity contribution in [3.05, 3.63) is 29.3 Å². The van der Waals surface area contributed by atoms with Crippen molar-refractivity contribution in [1.29, 1.82) is 0 Å². The molecular formula is C12H17NO. The van der Waals surface area contributed by atoms with Crippen LogP contribution in [0.3, 0.4) is 0 Å². The highest BCUT2D eigenvalue weighted by Crippen LogP contribution is 2.38. The fourth-order valence-corrected chi connectivity index (χ4v) is 2.05. The first-order valence-electron chi connectivity index (χ1n) is 5.00. The predicted octanol–water partition coefficient (Wildman–Crippen LogP) is 2.54. The predicted molar refractivity (Wildman–Crippen MR) is 58.7 cm³/mol. The minimum atomic E-state index is 0.249. The Morgan fingerprint density at radius 3 is 2.93 bits per heavy atom. The lowest BCUT2D eigenvalue weighted by atomic mass is 9.86. The minimum absolute atomic E-state index is 0.249. The van der Waals surface area contributed by atoms with Gasteiger partial charge < -0.3 is 10.1 Å². The summed E-state index contributed by atoms with van der Waals surface area (Å²) >= 11 is 0. The van der Waals surface area contributed by atoms with Gasteiger partial charge in [-0.2, -0.15) is 0 Å². The number of rotatable bonds is 2. The summed E-state index contributed by atoms with van der Waals surface area (Å²) in [6, 6.07) is 6.44. The van der Waals surface area contributed by atoms with Gasteiger partial charge >= 0.3 is 0 Å². The van der Waals surface area contributed by atoms with Gasteiger partial charge in [-0.15, -0.1) is 0 Å². The molecule has 0 aliphatic carbocycles. The van der Waals surface area contributed by atoms with E-state index in [4.69, 9.17) is 4.74 Å². The number of fused-ring (bicyclic) bond motifs is 1. The number of nitrogens with one attached hydrogen (secondary N) is 1. The number of benzene rings is 1. The second-order valence-electron chi connectivity index (χ2n) is 4.51. The van der Waals surface area contributed by atoms with Crippen LogP contribution in [0.5, 0.6) is 0 Å². The molecule has 0 unspecified atom stereocenters. The summed E-state index contributed by atoms with van der Waals surface area (Å²) in [6.07, 6.45) is 0. The molecule has 2 nitrogen and oxygen atoms in total. The summed E-state index contributed by atoms with van der Waals surface area (Å²) in [4.78, 5) is 0. The van der Waals surface area contributed by atoms with E-state index in [9.17, 15) is 0 Å². The molecule has 1 heterocycles. The maximum atomic E-state index is 5.18. The minimum Gasteiger partial charge on any atom is -0.384 e. The third-order valence-corrected chi connectivity index (χ3v) is 2.89. The quantitative estimate of drug-likeness (QED) is 0.775. The number of anilines is 1. The average molecular weight is 191 g/mol. The smallest absolute Gasteiger partial charge is 0.0733 e. The van der Waals surface area contributed by atoms with Gasteiger partial charge in [-0.1, -0.05) is 32.0 Å². The molecule has 76 valence electrons. The topological polar surface area (TPSA) is 21.3 Å². The van der Waals surface area contributed by atoms with Crippen LogP contribution in [0.4, 0.5) is 5.69 Å². The second kappa shape index (κ2) is 3.28. The molecule has 1 aliphatic heterocycles. The standard InChI is InChI=1S/C12H17NO/c1-12(2)8-13-11-9(7-14-3)5-4-6-10(11)12/h4-6,13H,7-8H2,1-3H3. The molecule has 0 saturated carbocycles. The van der Waals surface area contributed by atoms with Crippen molar-refractivity contribution in [2.24, 2.45) is 0 Å². The summed E-state index contributed by atoms with van der Waals surface area (Å²) in [5.41, 5.74) is 4.20. The van der Waals surface area contributed by atoms with Gasteiger partial charge in [-0.05, 0) is 5.56 Å².